The van der Waals surface area contributed by atoms with Crippen LogP contribution < -0.4 is 16.4 Å². The highest BCUT2D eigenvalue weighted by Gasteiger charge is 2.32. The van der Waals surface area contributed by atoms with E-state index in [9.17, 15) is 4.79 Å². The molecule has 2 unspecified atom stereocenters. The average Bonchev–Trinajstić information content (AvgIpc) is 2.98. The molecule has 92 valence electrons. The molecule has 1 aliphatic carbocycles. The number of hydrogen-bond donors (Lipinski definition) is 3. The molecule has 4 heteroatoms. The summed E-state index contributed by atoms with van der Waals surface area (Å²) in [6.07, 6.45) is 1.17. The number of nitrogens with two attached hydrogens (primary N) is 1. The summed E-state index contributed by atoms with van der Waals surface area (Å²) in [6.45, 7) is 4.73. The fourth-order valence-electron chi connectivity index (χ4n) is 1.81. The summed E-state index contributed by atoms with van der Waals surface area (Å²) in [5.41, 5.74) is 8.10. The number of nitrogens with one attached hydrogen (secondary N) is 2. The first-order valence-electron chi connectivity index (χ1n) is 6.06. The van der Waals surface area contributed by atoms with Crippen molar-refractivity contribution in [3.8, 4) is 0 Å². The summed E-state index contributed by atoms with van der Waals surface area (Å²) in [5.74, 6) is 0.641. The lowest BCUT2D eigenvalue weighted by Crippen LogP contribution is -2.22. The molecule has 1 fully saturated rings. The van der Waals surface area contributed by atoms with E-state index in [1.807, 2.05) is 13.0 Å². The highest BCUT2D eigenvalue weighted by Crippen LogP contribution is 2.34. The minimum Gasteiger partial charge on any atom is -0.397 e. The van der Waals surface area contributed by atoms with Gasteiger partial charge >= 0.3 is 0 Å². The minimum atomic E-state index is -0.0561. The lowest BCUT2D eigenvalue weighted by Gasteiger charge is -2.10. The Kier molecular flexibility index (Phi) is 3.22. The summed E-state index contributed by atoms with van der Waals surface area (Å²) < 4.78 is 0. The number of rotatable bonds is 4. The van der Waals surface area contributed by atoms with Crippen LogP contribution in [-0.4, -0.2) is 18.5 Å². The number of anilines is 2. The Morgan fingerprint density at radius 2 is 2.24 bits per heavy atom. The Labute approximate surface area is 102 Å². The van der Waals surface area contributed by atoms with Gasteiger partial charge in [-0.15, -0.1) is 0 Å². The number of nitrogen functional groups attached to an aromatic ring is 1. The predicted molar refractivity (Wildman–Crippen MR) is 70.1 cm³/mol. The maximum Gasteiger partial charge on any atom is 0.251 e. The third-order valence-corrected chi connectivity index (χ3v) is 3.10. The van der Waals surface area contributed by atoms with Gasteiger partial charge in [-0.3, -0.25) is 4.79 Å². The Balaban J connectivity index is 2.14. The molecule has 1 amide bonds. The summed E-state index contributed by atoms with van der Waals surface area (Å²) in [7, 11) is 0. The molecule has 0 aliphatic heterocycles. The molecule has 4 nitrogen and oxygen atoms in total. The van der Waals surface area contributed by atoms with Crippen LogP contribution in [0.2, 0.25) is 0 Å². The maximum atomic E-state index is 11.7. The number of benzene rings is 1. The van der Waals surface area contributed by atoms with Gasteiger partial charge in [0.25, 0.3) is 5.91 Å². The molecule has 1 aromatic carbocycles. The van der Waals surface area contributed by atoms with Crippen molar-refractivity contribution in [3.05, 3.63) is 23.8 Å². The smallest absolute Gasteiger partial charge is 0.251 e. The zero-order chi connectivity index (χ0) is 12.4. The van der Waals surface area contributed by atoms with Crippen LogP contribution in [0.5, 0.6) is 0 Å². The second-order valence-electron chi connectivity index (χ2n) is 4.63. The van der Waals surface area contributed by atoms with E-state index in [0.29, 0.717) is 29.8 Å². The second kappa shape index (κ2) is 4.65. The zero-order valence-electron chi connectivity index (χ0n) is 10.3. The highest BCUT2D eigenvalue weighted by molar-refractivity contribution is 5.96. The topological polar surface area (TPSA) is 67.2 Å². The maximum absolute atomic E-state index is 11.7. The molecule has 0 bridgehead atoms. The molecule has 0 spiro atoms. The van der Waals surface area contributed by atoms with Gasteiger partial charge in [0.05, 0.1) is 11.4 Å². The van der Waals surface area contributed by atoms with Gasteiger partial charge in [-0.25, -0.2) is 0 Å². The number of carbonyl (C=O) groups is 1. The van der Waals surface area contributed by atoms with Crippen LogP contribution in [0.1, 0.15) is 30.6 Å². The summed E-state index contributed by atoms with van der Waals surface area (Å²) >= 11 is 0. The number of carbonyl (C=O) groups excluding carboxylic acids is 1. The Morgan fingerprint density at radius 3 is 2.82 bits per heavy atom. The first kappa shape index (κ1) is 11.8. The fourth-order valence-corrected chi connectivity index (χ4v) is 1.81. The van der Waals surface area contributed by atoms with E-state index in [-0.39, 0.29) is 5.91 Å². The van der Waals surface area contributed by atoms with E-state index in [2.05, 4.69) is 17.6 Å². The highest BCUT2D eigenvalue weighted by atomic mass is 16.1. The van der Waals surface area contributed by atoms with Gasteiger partial charge in [0.15, 0.2) is 0 Å². The Morgan fingerprint density at radius 1 is 1.53 bits per heavy atom. The van der Waals surface area contributed by atoms with Crippen LogP contribution in [0.25, 0.3) is 0 Å². The van der Waals surface area contributed by atoms with Gasteiger partial charge in [-0.05, 0) is 37.5 Å². The van der Waals surface area contributed by atoms with Gasteiger partial charge < -0.3 is 16.4 Å². The van der Waals surface area contributed by atoms with Crippen molar-refractivity contribution in [2.24, 2.45) is 5.92 Å². The van der Waals surface area contributed by atoms with Crippen molar-refractivity contribution in [1.29, 1.82) is 0 Å². The Bertz CT molecular complexity index is 431. The van der Waals surface area contributed by atoms with Crippen LogP contribution in [-0.2, 0) is 0 Å². The molecular weight excluding hydrogens is 214 g/mol. The van der Waals surface area contributed by atoms with E-state index >= 15 is 0 Å². The first-order chi connectivity index (χ1) is 8.11. The summed E-state index contributed by atoms with van der Waals surface area (Å²) in [5, 5.41) is 6.14. The lowest BCUT2D eigenvalue weighted by molar-refractivity contribution is 0.0956. The molecule has 0 heterocycles. The largest absolute Gasteiger partial charge is 0.397 e. The number of hydrogen-bond acceptors (Lipinski definition) is 3. The molecule has 0 radical (unpaired) electrons. The molecule has 1 aliphatic rings. The molecule has 2 atom stereocenters. The molecule has 1 aromatic rings. The van der Waals surface area contributed by atoms with E-state index in [4.69, 9.17) is 5.73 Å². The van der Waals surface area contributed by atoms with Gasteiger partial charge in [0.2, 0.25) is 0 Å². The van der Waals surface area contributed by atoms with Crippen LogP contribution in [0.4, 0.5) is 11.4 Å². The van der Waals surface area contributed by atoms with E-state index in [0.717, 1.165) is 5.69 Å². The third kappa shape index (κ3) is 2.70. The molecule has 1 saturated carbocycles. The van der Waals surface area contributed by atoms with Crippen molar-refractivity contribution in [2.45, 2.75) is 26.3 Å². The van der Waals surface area contributed by atoms with E-state index in [1.165, 1.54) is 6.42 Å². The van der Waals surface area contributed by atoms with Crippen molar-refractivity contribution in [1.82, 2.24) is 5.32 Å². The van der Waals surface area contributed by atoms with Crippen molar-refractivity contribution in [2.75, 3.05) is 17.6 Å². The van der Waals surface area contributed by atoms with Crippen molar-refractivity contribution >= 4 is 17.3 Å². The summed E-state index contributed by atoms with van der Waals surface area (Å²) in [6, 6.07) is 5.86. The molecule has 0 saturated heterocycles. The molecule has 0 aromatic heterocycles. The third-order valence-electron chi connectivity index (χ3n) is 3.10. The molecule has 4 N–H and O–H groups in total. The van der Waals surface area contributed by atoms with Gasteiger partial charge in [0, 0.05) is 18.2 Å². The standard InChI is InChI=1S/C13H19N3O/c1-3-15-13(17)9-4-5-10(14)12(7-9)16-11-6-8(11)2/h4-5,7-8,11,16H,3,6,14H2,1-2H3,(H,15,17). The molecule has 17 heavy (non-hydrogen) atoms. The summed E-state index contributed by atoms with van der Waals surface area (Å²) in [4.78, 5) is 11.7. The SMILES string of the molecule is CCNC(=O)c1ccc(N)c(NC2CC2C)c1. The molecule has 2 rings (SSSR count). The van der Waals surface area contributed by atoms with Crippen molar-refractivity contribution in [3.63, 3.8) is 0 Å². The predicted octanol–water partition coefficient (Wildman–Crippen LogP) is 1.84. The minimum absolute atomic E-state index is 0.0561. The average molecular weight is 233 g/mol. The fraction of sp³-hybridized carbons (Fsp3) is 0.462. The molecular formula is C13H19N3O. The van der Waals surface area contributed by atoms with Gasteiger partial charge in [0.1, 0.15) is 0 Å². The van der Waals surface area contributed by atoms with Crippen LogP contribution >= 0.6 is 0 Å². The van der Waals surface area contributed by atoms with Crippen LogP contribution in [0.15, 0.2) is 18.2 Å². The first-order valence-corrected chi connectivity index (χ1v) is 6.06. The monoisotopic (exact) mass is 233 g/mol. The Hall–Kier alpha value is -1.71. The number of amides is 1. The van der Waals surface area contributed by atoms with Gasteiger partial charge in [-0.1, -0.05) is 6.92 Å². The van der Waals surface area contributed by atoms with Crippen molar-refractivity contribution < 1.29 is 4.79 Å². The van der Waals surface area contributed by atoms with Crippen LogP contribution in [0.3, 0.4) is 0 Å². The van der Waals surface area contributed by atoms with E-state index < -0.39 is 0 Å². The quantitative estimate of drug-likeness (QED) is 0.695. The normalized spacial score (nSPS) is 22.0. The van der Waals surface area contributed by atoms with Crippen LogP contribution in [0, 0.1) is 5.92 Å². The van der Waals surface area contributed by atoms with Gasteiger partial charge in [-0.2, -0.15) is 0 Å². The zero-order valence-corrected chi connectivity index (χ0v) is 10.3. The van der Waals surface area contributed by atoms with E-state index in [1.54, 1.807) is 12.1 Å². The lowest BCUT2D eigenvalue weighted by atomic mass is 10.1. The second-order valence-corrected chi connectivity index (χ2v) is 4.63.